The molecule has 0 bridgehead atoms. The molecule has 1 aromatic rings. The number of carbonyl (C=O) groups is 2. The highest BCUT2D eigenvalue weighted by Gasteiger charge is 2.42. The Balaban J connectivity index is 1.76. The first-order valence-corrected chi connectivity index (χ1v) is 8.25. The van der Waals surface area contributed by atoms with Crippen molar-refractivity contribution in [2.75, 3.05) is 6.61 Å². The van der Waals surface area contributed by atoms with E-state index >= 15 is 0 Å². The lowest BCUT2D eigenvalue weighted by atomic mass is 9.80. The summed E-state index contributed by atoms with van der Waals surface area (Å²) < 4.78 is 5.17. The number of nitrogens with zero attached hydrogens (tertiary/aromatic N) is 1. The van der Waals surface area contributed by atoms with E-state index < -0.39 is 6.09 Å². The Morgan fingerprint density at radius 1 is 1.30 bits per heavy atom. The molecule has 2 aliphatic rings. The molecular weight excluding hydrogens is 290 g/mol. The molecule has 1 heterocycles. The topological polar surface area (TPSA) is 46.6 Å². The zero-order chi connectivity index (χ0) is 16.4. The zero-order valence-corrected chi connectivity index (χ0v) is 13.7. The summed E-state index contributed by atoms with van der Waals surface area (Å²) in [5.41, 5.74) is 2.44. The van der Waals surface area contributed by atoms with Crippen LogP contribution in [0.5, 0.6) is 0 Å². The van der Waals surface area contributed by atoms with Crippen LogP contribution in [-0.2, 0) is 16.0 Å². The zero-order valence-electron chi connectivity index (χ0n) is 13.7. The lowest BCUT2D eigenvalue weighted by Gasteiger charge is -2.30. The van der Waals surface area contributed by atoms with E-state index in [4.69, 9.17) is 4.74 Å². The monoisotopic (exact) mass is 313 g/mol. The normalized spacial score (nSPS) is 27.6. The van der Waals surface area contributed by atoms with Crippen molar-refractivity contribution in [1.29, 1.82) is 0 Å². The molecule has 1 aliphatic carbocycles. The Kier molecular flexibility index (Phi) is 4.51. The Morgan fingerprint density at radius 3 is 2.74 bits per heavy atom. The van der Waals surface area contributed by atoms with Crippen molar-refractivity contribution in [3.05, 3.63) is 47.5 Å². The van der Waals surface area contributed by atoms with E-state index in [1.807, 2.05) is 30.3 Å². The van der Waals surface area contributed by atoms with E-state index in [1.54, 1.807) is 0 Å². The highest BCUT2D eigenvalue weighted by molar-refractivity contribution is 5.95. The Labute approximate surface area is 137 Å². The number of benzene rings is 1. The van der Waals surface area contributed by atoms with E-state index in [0.717, 1.165) is 12.0 Å². The van der Waals surface area contributed by atoms with Crippen molar-refractivity contribution in [3.8, 4) is 0 Å². The third-order valence-electron chi connectivity index (χ3n) is 4.88. The number of allylic oxidation sites excluding steroid dienone is 2. The summed E-state index contributed by atoms with van der Waals surface area (Å²) in [5, 5.41) is 0. The Hall–Kier alpha value is -2.10. The van der Waals surface area contributed by atoms with Gasteiger partial charge in [-0.1, -0.05) is 48.9 Å². The third kappa shape index (κ3) is 3.31. The highest BCUT2D eigenvalue weighted by atomic mass is 16.6. The third-order valence-corrected chi connectivity index (χ3v) is 4.88. The van der Waals surface area contributed by atoms with Gasteiger partial charge in [0.2, 0.25) is 5.91 Å². The van der Waals surface area contributed by atoms with Gasteiger partial charge in [-0.25, -0.2) is 9.69 Å². The molecule has 3 rings (SSSR count). The molecule has 4 heteroatoms. The van der Waals surface area contributed by atoms with Crippen LogP contribution < -0.4 is 0 Å². The van der Waals surface area contributed by atoms with Crippen molar-refractivity contribution in [2.45, 2.75) is 39.2 Å². The van der Waals surface area contributed by atoms with E-state index in [-0.39, 0.29) is 30.4 Å². The first-order valence-electron chi connectivity index (χ1n) is 8.25. The molecule has 0 radical (unpaired) electrons. The molecule has 0 aromatic heterocycles. The molecule has 1 aliphatic heterocycles. The van der Waals surface area contributed by atoms with Crippen LogP contribution in [0.4, 0.5) is 4.79 Å². The number of amides is 2. The molecule has 1 aromatic carbocycles. The number of imide groups is 1. The van der Waals surface area contributed by atoms with Gasteiger partial charge in [0.25, 0.3) is 0 Å². The molecule has 122 valence electrons. The van der Waals surface area contributed by atoms with Gasteiger partial charge in [0.05, 0.1) is 6.04 Å². The maximum atomic E-state index is 12.9. The molecule has 0 N–H and O–H groups in total. The summed E-state index contributed by atoms with van der Waals surface area (Å²) in [6.07, 6.45) is 3.91. The molecule has 3 atom stereocenters. The predicted octanol–water partition coefficient (Wildman–Crippen LogP) is 3.57. The molecule has 1 saturated heterocycles. The fourth-order valence-electron chi connectivity index (χ4n) is 3.58. The van der Waals surface area contributed by atoms with Crippen molar-refractivity contribution in [1.82, 2.24) is 4.90 Å². The van der Waals surface area contributed by atoms with Gasteiger partial charge in [-0.3, -0.25) is 4.79 Å². The van der Waals surface area contributed by atoms with E-state index in [9.17, 15) is 9.59 Å². The second-order valence-electron chi connectivity index (χ2n) is 6.70. The summed E-state index contributed by atoms with van der Waals surface area (Å²) >= 11 is 0. The first-order chi connectivity index (χ1) is 11.1. The minimum absolute atomic E-state index is 0.0790. The summed E-state index contributed by atoms with van der Waals surface area (Å²) in [4.78, 5) is 26.4. The maximum Gasteiger partial charge on any atom is 0.416 e. The molecule has 0 saturated carbocycles. The van der Waals surface area contributed by atoms with Crippen LogP contribution in [0.1, 0.15) is 32.3 Å². The van der Waals surface area contributed by atoms with Crippen LogP contribution in [-0.4, -0.2) is 29.5 Å². The smallest absolute Gasteiger partial charge is 0.416 e. The van der Waals surface area contributed by atoms with Gasteiger partial charge in [0, 0.05) is 5.92 Å². The highest BCUT2D eigenvalue weighted by Crippen LogP contribution is 2.32. The van der Waals surface area contributed by atoms with Crippen molar-refractivity contribution >= 4 is 12.0 Å². The largest absolute Gasteiger partial charge is 0.447 e. The van der Waals surface area contributed by atoms with Crippen LogP contribution >= 0.6 is 0 Å². The number of cyclic esters (lactones) is 1. The maximum absolute atomic E-state index is 12.9. The average Bonchev–Trinajstić information content (AvgIpc) is 2.88. The predicted molar refractivity (Wildman–Crippen MR) is 87.8 cm³/mol. The van der Waals surface area contributed by atoms with Crippen molar-refractivity contribution < 1.29 is 14.3 Å². The van der Waals surface area contributed by atoms with Crippen LogP contribution in [0.2, 0.25) is 0 Å². The second kappa shape index (κ2) is 6.57. The van der Waals surface area contributed by atoms with Gasteiger partial charge >= 0.3 is 6.09 Å². The van der Waals surface area contributed by atoms with Gasteiger partial charge in [-0.05, 0) is 37.7 Å². The second-order valence-corrected chi connectivity index (χ2v) is 6.70. The fraction of sp³-hybridized carbons (Fsp3) is 0.474. The van der Waals surface area contributed by atoms with E-state index in [2.05, 4.69) is 19.9 Å². The van der Waals surface area contributed by atoms with Crippen LogP contribution in [0.25, 0.3) is 0 Å². The van der Waals surface area contributed by atoms with Crippen LogP contribution in [0.3, 0.4) is 0 Å². The Morgan fingerprint density at radius 2 is 2.04 bits per heavy atom. The number of carbonyl (C=O) groups excluding carboxylic acids is 2. The lowest BCUT2D eigenvalue weighted by Crippen LogP contribution is -2.45. The molecule has 1 unspecified atom stereocenters. The van der Waals surface area contributed by atoms with Gasteiger partial charge in [-0.2, -0.15) is 0 Å². The van der Waals surface area contributed by atoms with Crippen LogP contribution in [0, 0.1) is 11.8 Å². The summed E-state index contributed by atoms with van der Waals surface area (Å²) in [6, 6.07) is 9.73. The number of hydrogen-bond acceptors (Lipinski definition) is 3. The summed E-state index contributed by atoms with van der Waals surface area (Å²) in [6.45, 7) is 4.47. The molecule has 23 heavy (non-hydrogen) atoms. The quantitative estimate of drug-likeness (QED) is 0.802. The molecule has 1 fully saturated rings. The minimum atomic E-state index is -0.491. The summed E-state index contributed by atoms with van der Waals surface area (Å²) in [5.74, 6) is 0.0607. The van der Waals surface area contributed by atoms with Crippen LogP contribution in [0.15, 0.2) is 42.0 Å². The van der Waals surface area contributed by atoms with Crippen molar-refractivity contribution in [3.63, 3.8) is 0 Å². The SMILES string of the molecule is CC1=CC[C@@H](C(=O)N2C(=O)OCC2Cc2ccccc2)[C@H](C)C1. The number of hydrogen-bond donors (Lipinski definition) is 0. The standard InChI is InChI=1S/C19H23NO3/c1-13-8-9-17(14(2)10-13)18(21)20-16(12-23-19(20)22)11-15-6-4-3-5-7-15/h3-8,14,16-17H,9-12H2,1-2H3/t14-,16?,17-/m1/s1. The number of ether oxygens (including phenoxy) is 1. The molecule has 0 spiro atoms. The van der Waals surface area contributed by atoms with Crippen molar-refractivity contribution in [2.24, 2.45) is 11.8 Å². The van der Waals surface area contributed by atoms with Gasteiger partial charge in [0.15, 0.2) is 0 Å². The lowest BCUT2D eigenvalue weighted by molar-refractivity contribution is -0.135. The summed E-state index contributed by atoms with van der Waals surface area (Å²) in [7, 11) is 0. The average molecular weight is 313 g/mol. The van der Waals surface area contributed by atoms with Gasteiger partial charge in [0.1, 0.15) is 6.61 Å². The minimum Gasteiger partial charge on any atom is -0.447 e. The molecule has 2 amide bonds. The van der Waals surface area contributed by atoms with Gasteiger partial charge < -0.3 is 4.74 Å². The first kappa shape index (κ1) is 15.8. The van der Waals surface area contributed by atoms with E-state index in [0.29, 0.717) is 12.8 Å². The number of rotatable bonds is 3. The van der Waals surface area contributed by atoms with E-state index in [1.165, 1.54) is 10.5 Å². The Bertz CT molecular complexity index is 623. The molecular formula is C19H23NO3. The van der Waals surface area contributed by atoms with Gasteiger partial charge in [-0.15, -0.1) is 0 Å². The molecule has 4 nitrogen and oxygen atoms in total. The fourth-order valence-corrected chi connectivity index (χ4v) is 3.58.